The molecule has 2 aromatic rings. The third-order valence-electron chi connectivity index (χ3n) is 3.68. The standard InChI is InChI=1S/C15H20N6O3/c1-3-23-14-11(5-4-6-16-14)18-15(22)21-7-8-24-12(9-21)13-19-17-10-20(13)2/h4-6,10,12H,3,7-9H2,1-2H3,(H,18,22)/t12-/m0/s1. The maximum absolute atomic E-state index is 12.6. The molecule has 9 heteroatoms. The second-order valence-electron chi connectivity index (χ2n) is 5.32. The van der Waals surface area contributed by atoms with Crippen LogP contribution in [0, 0.1) is 0 Å². The number of pyridine rings is 1. The third kappa shape index (κ3) is 3.46. The van der Waals surface area contributed by atoms with E-state index in [0.29, 0.717) is 43.7 Å². The van der Waals surface area contributed by atoms with Gasteiger partial charge in [0.2, 0.25) is 5.88 Å². The molecular weight excluding hydrogens is 312 g/mol. The minimum atomic E-state index is -0.294. The highest BCUT2D eigenvalue weighted by Crippen LogP contribution is 2.23. The van der Waals surface area contributed by atoms with Gasteiger partial charge in [0.1, 0.15) is 18.1 Å². The Morgan fingerprint density at radius 3 is 3.17 bits per heavy atom. The molecule has 3 rings (SSSR count). The minimum absolute atomic E-state index is 0.223. The van der Waals surface area contributed by atoms with Crippen molar-refractivity contribution >= 4 is 11.7 Å². The zero-order valence-corrected chi connectivity index (χ0v) is 13.7. The SMILES string of the molecule is CCOc1ncccc1NC(=O)N1CCO[C@H](c2nncn2C)C1. The van der Waals surface area contributed by atoms with Gasteiger partial charge in [0.25, 0.3) is 0 Å². The second-order valence-corrected chi connectivity index (χ2v) is 5.32. The molecule has 0 aliphatic carbocycles. The van der Waals surface area contributed by atoms with E-state index >= 15 is 0 Å². The lowest BCUT2D eigenvalue weighted by Crippen LogP contribution is -2.44. The van der Waals surface area contributed by atoms with Crippen LogP contribution in [0.15, 0.2) is 24.7 Å². The molecule has 1 aliphatic heterocycles. The summed E-state index contributed by atoms with van der Waals surface area (Å²) in [7, 11) is 1.85. The van der Waals surface area contributed by atoms with Crippen LogP contribution in [0.1, 0.15) is 18.9 Å². The number of nitrogens with zero attached hydrogens (tertiary/aromatic N) is 5. The normalized spacial score (nSPS) is 17.6. The number of anilines is 1. The highest BCUT2D eigenvalue weighted by atomic mass is 16.5. The van der Waals surface area contributed by atoms with Crippen LogP contribution in [0.3, 0.4) is 0 Å². The van der Waals surface area contributed by atoms with Crippen molar-refractivity contribution in [2.45, 2.75) is 13.0 Å². The molecule has 0 spiro atoms. The quantitative estimate of drug-likeness (QED) is 0.904. The van der Waals surface area contributed by atoms with Gasteiger partial charge in [0.15, 0.2) is 5.82 Å². The summed E-state index contributed by atoms with van der Waals surface area (Å²) in [6.45, 7) is 3.70. The second kappa shape index (κ2) is 7.26. The van der Waals surface area contributed by atoms with Gasteiger partial charge in [-0.05, 0) is 19.1 Å². The third-order valence-corrected chi connectivity index (χ3v) is 3.68. The number of rotatable bonds is 4. The zero-order valence-electron chi connectivity index (χ0n) is 13.7. The Bertz CT molecular complexity index is 704. The number of morpholine rings is 1. The number of urea groups is 1. The van der Waals surface area contributed by atoms with Gasteiger partial charge in [0.05, 0.1) is 19.8 Å². The van der Waals surface area contributed by atoms with E-state index in [1.165, 1.54) is 0 Å². The van der Waals surface area contributed by atoms with E-state index in [1.807, 2.05) is 14.0 Å². The smallest absolute Gasteiger partial charge is 0.322 e. The summed E-state index contributed by atoms with van der Waals surface area (Å²) in [6.07, 6.45) is 2.94. The first-order valence-electron chi connectivity index (χ1n) is 7.78. The van der Waals surface area contributed by atoms with Crippen molar-refractivity contribution in [1.29, 1.82) is 0 Å². The van der Waals surface area contributed by atoms with Crippen LogP contribution in [0.2, 0.25) is 0 Å². The molecule has 0 saturated carbocycles. The van der Waals surface area contributed by atoms with Crippen LogP contribution < -0.4 is 10.1 Å². The molecule has 128 valence electrons. The molecule has 3 heterocycles. The number of carbonyl (C=O) groups excluding carboxylic acids is 1. The van der Waals surface area contributed by atoms with Crippen molar-refractivity contribution in [2.24, 2.45) is 7.05 Å². The van der Waals surface area contributed by atoms with Crippen molar-refractivity contribution in [1.82, 2.24) is 24.6 Å². The molecule has 0 unspecified atom stereocenters. The van der Waals surface area contributed by atoms with Gasteiger partial charge in [-0.3, -0.25) is 0 Å². The summed E-state index contributed by atoms with van der Waals surface area (Å²) in [6, 6.07) is 3.29. The molecule has 1 atom stereocenters. The number of nitrogens with one attached hydrogen (secondary N) is 1. The first-order chi connectivity index (χ1) is 11.7. The van der Waals surface area contributed by atoms with E-state index in [-0.39, 0.29) is 12.1 Å². The van der Waals surface area contributed by atoms with Gasteiger partial charge in [-0.1, -0.05) is 0 Å². The van der Waals surface area contributed by atoms with E-state index < -0.39 is 0 Å². The minimum Gasteiger partial charge on any atom is -0.476 e. The number of carbonyl (C=O) groups is 1. The van der Waals surface area contributed by atoms with Gasteiger partial charge in [0, 0.05) is 19.8 Å². The van der Waals surface area contributed by atoms with Crippen LogP contribution in [-0.4, -0.2) is 57.0 Å². The summed E-state index contributed by atoms with van der Waals surface area (Å²) in [4.78, 5) is 18.4. The number of amides is 2. The van der Waals surface area contributed by atoms with Crippen LogP contribution >= 0.6 is 0 Å². The number of aryl methyl sites for hydroxylation is 1. The Balaban J connectivity index is 1.68. The molecular formula is C15H20N6O3. The topological polar surface area (TPSA) is 94.4 Å². The van der Waals surface area contributed by atoms with E-state index in [9.17, 15) is 4.79 Å². The largest absolute Gasteiger partial charge is 0.476 e. The van der Waals surface area contributed by atoms with Crippen molar-refractivity contribution < 1.29 is 14.3 Å². The predicted molar refractivity (Wildman–Crippen MR) is 85.7 cm³/mol. The number of hydrogen-bond acceptors (Lipinski definition) is 6. The maximum Gasteiger partial charge on any atom is 0.322 e. The first-order valence-corrected chi connectivity index (χ1v) is 7.78. The average molecular weight is 332 g/mol. The fourth-order valence-corrected chi connectivity index (χ4v) is 2.51. The molecule has 0 bridgehead atoms. The van der Waals surface area contributed by atoms with Gasteiger partial charge < -0.3 is 24.3 Å². The zero-order chi connectivity index (χ0) is 16.9. The lowest BCUT2D eigenvalue weighted by molar-refractivity contribution is -0.0196. The predicted octanol–water partition coefficient (Wildman–Crippen LogP) is 1.21. The van der Waals surface area contributed by atoms with Crippen molar-refractivity contribution in [2.75, 3.05) is 31.6 Å². The Labute approximate surface area is 139 Å². The Morgan fingerprint density at radius 2 is 2.42 bits per heavy atom. The van der Waals surface area contributed by atoms with E-state index in [0.717, 1.165) is 0 Å². The average Bonchev–Trinajstić information content (AvgIpc) is 3.03. The van der Waals surface area contributed by atoms with Crippen LogP contribution in [0.4, 0.5) is 10.5 Å². The van der Waals surface area contributed by atoms with Crippen LogP contribution in [0.25, 0.3) is 0 Å². The molecule has 1 saturated heterocycles. The fraction of sp³-hybridized carbons (Fsp3) is 0.467. The van der Waals surface area contributed by atoms with E-state index in [2.05, 4.69) is 20.5 Å². The van der Waals surface area contributed by atoms with Gasteiger partial charge in [-0.2, -0.15) is 0 Å². The highest BCUT2D eigenvalue weighted by molar-refractivity contribution is 5.90. The van der Waals surface area contributed by atoms with Crippen molar-refractivity contribution in [3.8, 4) is 5.88 Å². The van der Waals surface area contributed by atoms with Gasteiger partial charge in [-0.15, -0.1) is 10.2 Å². The molecule has 1 aliphatic rings. The number of ether oxygens (including phenoxy) is 2. The Kier molecular flexibility index (Phi) is 4.90. The Morgan fingerprint density at radius 1 is 1.54 bits per heavy atom. The molecule has 24 heavy (non-hydrogen) atoms. The lowest BCUT2D eigenvalue weighted by Gasteiger charge is -2.32. The van der Waals surface area contributed by atoms with Crippen LogP contribution in [0.5, 0.6) is 5.88 Å². The summed E-state index contributed by atoms with van der Waals surface area (Å²) >= 11 is 0. The van der Waals surface area contributed by atoms with Gasteiger partial charge >= 0.3 is 6.03 Å². The molecule has 2 aromatic heterocycles. The molecule has 1 N–H and O–H groups in total. The summed E-state index contributed by atoms with van der Waals surface area (Å²) in [5.41, 5.74) is 0.547. The molecule has 2 amide bonds. The van der Waals surface area contributed by atoms with Crippen LogP contribution in [-0.2, 0) is 11.8 Å². The van der Waals surface area contributed by atoms with Gasteiger partial charge in [-0.25, -0.2) is 9.78 Å². The first kappa shape index (κ1) is 16.2. The summed E-state index contributed by atoms with van der Waals surface area (Å²) in [5, 5.41) is 10.8. The molecule has 9 nitrogen and oxygen atoms in total. The Hall–Kier alpha value is -2.68. The molecule has 0 aromatic carbocycles. The summed E-state index contributed by atoms with van der Waals surface area (Å²) in [5.74, 6) is 1.11. The number of hydrogen-bond donors (Lipinski definition) is 1. The summed E-state index contributed by atoms with van der Waals surface area (Å²) < 4.78 is 12.9. The maximum atomic E-state index is 12.6. The van der Waals surface area contributed by atoms with E-state index in [4.69, 9.17) is 9.47 Å². The van der Waals surface area contributed by atoms with Crippen molar-refractivity contribution in [3.05, 3.63) is 30.5 Å². The monoisotopic (exact) mass is 332 g/mol. The number of aromatic nitrogens is 4. The molecule has 1 fully saturated rings. The lowest BCUT2D eigenvalue weighted by atomic mass is 10.2. The highest BCUT2D eigenvalue weighted by Gasteiger charge is 2.28. The van der Waals surface area contributed by atoms with Crippen molar-refractivity contribution in [3.63, 3.8) is 0 Å². The fourth-order valence-electron chi connectivity index (χ4n) is 2.51. The molecule has 0 radical (unpaired) electrons. The van der Waals surface area contributed by atoms with E-state index in [1.54, 1.807) is 34.1 Å².